The molecular weight excluding hydrogens is 204 g/mol. The second-order valence-corrected chi connectivity index (χ2v) is 5.68. The Morgan fingerprint density at radius 2 is 2.06 bits per heavy atom. The van der Waals surface area contributed by atoms with Crippen molar-refractivity contribution in [2.75, 3.05) is 20.2 Å². The molecule has 16 heavy (non-hydrogen) atoms. The molecule has 2 rings (SSSR count). The lowest BCUT2D eigenvalue weighted by molar-refractivity contribution is -0.141. The average molecular weight is 226 g/mol. The van der Waals surface area contributed by atoms with Crippen LogP contribution in [0.2, 0.25) is 0 Å². The van der Waals surface area contributed by atoms with Crippen LogP contribution in [0, 0.1) is 0 Å². The molecule has 4 heteroatoms. The van der Waals surface area contributed by atoms with E-state index in [1.807, 2.05) is 16.8 Å². The largest absolute Gasteiger partial charge is 0.394 e. The molecule has 1 N–H and O–H groups in total. The third-order valence-electron chi connectivity index (χ3n) is 3.87. The van der Waals surface area contributed by atoms with E-state index in [-0.39, 0.29) is 24.1 Å². The van der Waals surface area contributed by atoms with Crippen molar-refractivity contribution < 1.29 is 9.90 Å². The minimum atomic E-state index is -0.345. The molecule has 2 aliphatic rings. The van der Waals surface area contributed by atoms with Gasteiger partial charge in [0.25, 0.3) is 0 Å². The molecule has 1 unspecified atom stereocenters. The molecule has 1 aliphatic carbocycles. The van der Waals surface area contributed by atoms with Gasteiger partial charge in [0.2, 0.25) is 5.91 Å². The zero-order valence-electron chi connectivity index (χ0n) is 10.4. The van der Waals surface area contributed by atoms with Crippen molar-refractivity contribution in [2.24, 2.45) is 0 Å². The normalized spacial score (nSPS) is 31.6. The Labute approximate surface area is 97.2 Å². The molecule has 1 amide bonds. The first-order valence-corrected chi connectivity index (χ1v) is 6.11. The summed E-state index contributed by atoms with van der Waals surface area (Å²) in [6.45, 7) is 5.06. The van der Waals surface area contributed by atoms with E-state index in [2.05, 4.69) is 13.8 Å². The lowest BCUT2D eigenvalue weighted by Gasteiger charge is -2.38. The highest BCUT2D eigenvalue weighted by molar-refractivity contribution is 5.83. The highest BCUT2D eigenvalue weighted by atomic mass is 16.3. The van der Waals surface area contributed by atoms with Crippen LogP contribution in [0.3, 0.4) is 0 Å². The summed E-state index contributed by atoms with van der Waals surface area (Å²) >= 11 is 0. The standard InChI is InChI=1S/C12H22N2O2/c1-12(2)6-7-13(3)10(8-15)11(16)14(12)9-4-5-9/h9-10,15H,4-8H2,1-3H3. The Morgan fingerprint density at radius 3 is 2.56 bits per heavy atom. The predicted molar refractivity (Wildman–Crippen MR) is 62.1 cm³/mol. The third-order valence-corrected chi connectivity index (χ3v) is 3.87. The molecule has 0 aromatic heterocycles. The van der Waals surface area contributed by atoms with Gasteiger partial charge in [-0.3, -0.25) is 9.69 Å². The molecule has 1 aliphatic heterocycles. The number of nitrogens with zero attached hydrogens (tertiary/aromatic N) is 2. The van der Waals surface area contributed by atoms with E-state index >= 15 is 0 Å². The molecule has 92 valence electrons. The van der Waals surface area contributed by atoms with Crippen molar-refractivity contribution in [2.45, 2.75) is 50.7 Å². The topological polar surface area (TPSA) is 43.8 Å². The lowest BCUT2D eigenvalue weighted by Crippen LogP contribution is -2.53. The van der Waals surface area contributed by atoms with Crippen molar-refractivity contribution >= 4 is 5.91 Å². The number of aliphatic hydroxyl groups excluding tert-OH is 1. The first-order chi connectivity index (χ1) is 7.47. The summed E-state index contributed by atoms with van der Waals surface area (Å²) in [4.78, 5) is 16.4. The van der Waals surface area contributed by atoms with Gasteiger partial charge in [-0.2, -0.15) is 0 Å². The number of carbonyl (C=O) groups excluding carboxylic acids is 1. The Balaban J connectivity index is 2.26. The molecular formula is C12H22N2O2. The zero-order valence-corrected chi connectivity index (χ0v) is 10.4. The van der Waals surface area contributed by atoms with E-state index in [1.165, 1.54) is 0 Å². The lowest BCUT2D eigenvalue weighted by atomic mass is 9.98. The van der Waals surface area contributed by atoms with Crippen molar-refractivity contribution in [3.8, 4) is 0 Å². The van der Waals surface area contributed by atoms with Gasteiger partial charge in [0, 0.05) is 18.1 Å². The Hall–Kier alpha value is -0.610. The summed E-state index contributed by atoms with van der Waals surface area (Å²) < 4.78 is 0. The van der Waals surface area contributed by atoms with Crippen LogP contribution < -0.4 is 0 Å². The van der Waals surface area contributed by atoms with Gasteiger partial charge in [0.15, 0.2) is 0 Å². The van der Waals surface area contributed by atoms with Crippen molar-refractivity contribution in [3.63, 3.8) is 0 Å². The van der Waals surface area contributed by atoms with Gasteiger partial charge in [-0.15, -0.1) is 0 Å². The van der Waals surface area contributed by atoms with Crippen LogP contribution in [0.15, 0.2) is 0 Å². The van der Waals surface area contributed by atoms with Gasteiger partial charge in [-0.25, -0.2) is 0 Å². The molecule has 0 spiro atoms. The fraction of sp³-hybridized carbons (Fsp3) is 0.917. The number of likely N-dealkylation sites (N-methyl/N-ethyl adjacent to an activating group) is 1. The maximum absolute atomic E-state index is 12.4. The third kappa shape index (κ3) is 1.96. The fourth-order valence-electron chi connectivity index (χ4n) is 2.60. The molecule has 4 nitrogen and oxygen atoms in total. The molecule has 0 radical (unpaired) electrons. The number of carbonyl (C=O) groups is 1. The SMILES string of the molecule is CN1CCC(C)(C)N(C2CC2)C(=O)C1CO. The van der Waals surface area contributed by atoms with E-state index in [9.17, 15) is 9.90 Å². The van der Waals surface area contributed by atoms with E-state index in [0.29, 0.717) is 6.04 Å². The monoisotopic (exact) mass is 226 g/mol. The summed E-state index contributed by atoms with van der Waals surface area (Å²) in [5.41, 5.74) is -0.0730. The molecule has 1 heterocycles. The molecule has 0 aromatic carbocycles. The van der Waals surface area contributed by atoms with E-state index < -0.39 is 0 Å². The minimum Gasteiger partial charge on any atom is -0.394 e. The number of rotatable bonds is 2. The van der Waals surface area contributed by atoms with E-state index in [1.54, 1.807) is 0 Å². The number of aliphatic hydroxyl groups is 1. The van der Waals surface area contributed by atoms with E-state index in [0.717, 1.165) is 25.8 Å². The van der Waals surface area contributed by atoms with Gasteiger partial charge in [0.1, 0.15) is 6.04 Å². The zero-order chi connectivity index (χ0) is 11.9. The fourth-order valence-corrected chi connectivity index (χ4v) is 2.60. The van der Waals surface area contributed by atoms with Crippen LogP contribution in [-0.4, -0.2) is 58.6 Å². The van der Waals surface area contributed by atoms with Gasteiger partial charge < -0.3 is 10.0 Å². The second-order valence-electron chi connectivity index (χ2n) is 5.68. The van der Waals surface area contributed by atoms with Crippen molar-refractivity contribution in [1.82, 2.24) is 9.80 Å². The molecule has 2 fully saturated rings. The second kappa shape index (κ2) is 4.00. The van der Waals surface area contributed by atoms with Crippen LogP contribution in [0.4, 0.5) is 0 Å². The maximum atomic E-state index is 12.4. The average Bonchev–Trinajstić information content (AvgIpc) is 2.99. The molecule has 0 aromatic rings. The highest BCUT2D eigenvalue weighted by Gasteiger charge is 2.46. The molecule has 0 bridgehead atoms. The minimum absolute atomic E-state index is 0.0730. The van der Waals surface area contributed by atoms with Crippen molar-refractivity contribution in [3.05, 3.63) is 0 Å². The first-order valence-electron chi connectivity index (χ1n) is 6.11. The molecule has 1 saturated carbocycles. The van der Waals surface area contributed by atoms with Gasteiger partial charge >= 0.3 is 0 Å². The van der Waals surface area contributed by atoms with Crippen LogP contribution in [0.5, 0.6) is 0 Å². The summed E-state index contributed by atoms with van der Waals surface area (Å²) in [5.74, 6) is 0.106. The van der Waals surface area contributed by atoms with Gasteiger partial charge in [-0.1, -0.05) is 0 Å². The van der Waals surface area contributed by atoms with Crippen LogP contribution in [0.25, 0.3) is 0 Å². The Morgan fingerprint density at radius 1 is 1.44 bits per heavy atom. The quantitative estimate of drug-likeness (QED) is 0.743. The number of hydrogen-bond acceptors (Lipinski definition) is 3. The molecule has 1 atom stereocenters. The number of amides is 1. The maximum Gasteiger partial charge on any atom is 0.242 e. The molecule has 1 saturated heterocycles. The van der Waals surface area contributed by atoms with Crippen LogP contribution in [-0.2, 0) is 4.79 Å². The van der Waals surface area contributed by atoms with Crippen LogP contribution >= 0.6 is 0 Å². The smallest absolute Gasteiger partial charge is 0.242 e. The van der Waals surface area contributed by atoms with Crippen molar-refractivity contribution in [1.29, 1.82) is 0 Å². The number of hydrogen-bond donors (Lipinski definition) is 1. The summed E-state index contributed by atoms with van der Waals surface area (Å²) in [6.07, 6.45) is 3.22. The van der Waals surface area contributed by atoms with E-state index in [4.69, 9.17) is 0 Å². The predicted octanol–water partition coefficient (Wildman–Crippen LogP) is 0.452. The summed E-state index contributed by atoms with van der Waals surface area (Å²) in [7, 11) is 1.92. The Bertz CT molecular complexity index is 287. The van der Waals surface area contributed by atoms with Gasteiger partial charge in [-0.05, 0) is 40.2 Å². The Kier molecular flexibility index (Phi) is 2.97. The summed E-state index contributed by atoms with van der Waals surface area (Å²) in [5, 5.41) is 9.36. The van der Waals surface area contributed by atoms with Gasteiger partial charge in [0.05, 0.1) is 6.61 Å². The van der Waals surface area contributed by atoms with Crippen LogP contribution in [0.1, 0.15) is 33.1 Å². The highest BCUT2D eigenvalue weighted by Crippen LogP contribution is 2.36. The first kappa shape index (κ1) is 11.9. The summed E-state index contributed by atoms with van der Waals surface area (Å²) in [6, 6.07) is 0.0745.